The van der Waals surface area contributed by atoms with Crippen LogP contribution in [0.2, 0.25) is 0 Å². The summed E-state index contributed by atoms with van der Waals surface area (Å²) in [6.45, 7) is -1.72. The molecule has 1 heteroatoms. The van der Waals surface area contributed by atoms with Crippen LogP contribution in [-0.4, -0.2) is 5.75 Å². The quantitative estimate of drug-likeness (QED) is 0.404. The Labute approximate surface area is 87.8 Å². The summed E-state index contributed by atoms with van der Waals surface area (Å²) in [4.78, 5) is 0. The number of unbranched alkanes of at least 4 members (excludes halogenated alkanes) is 7. The van der Waals surface area contributed by atoms with Crippen LogP contribution in [0.25, 0.3) is 0 Å². The SMILES string of the molecule is [2H]C([2H])([2H])CCCCCCCCCCS. The lowest BCUT2D eigenvalue weighted by Crippen LogP contribution is -1.81. The molecule has 0 saturated heterocycles. The molecule has 0 aromatic carbocycles. The highest BCUT2D eigenvalue weighted by molar-refractivity contribution is 7.80. The molecule has 0 rings (SSSR count). The van der Waals surface area contributed by atoms with E-state index in [-0.39, 0.29) is 0 Å². The largest absolute Gasteiger partial charge is 0.179 e. The Morgan fingerprint density at radius 1 is 0.833 bits per heavy atom. The van der Waals surface area contributed by atoms with E-state index in [9.17, 15) is 0 Å². The first-order valence-electron chi connectivity index (χ1n) is 6.67. The van der Waals surface area contributed by atoms with Crippen molar-refractivity contribution in [3.05, 3.63) is 0 Å². The van der Waals surface area contributed by atoms with Crippen molar-refractivity contribution < 1.29 is 4.11 Å². The van der Waals surface area contributed by atoms with Gasteiger partial charge in [-0.1, -0.05) is 58.2 Å². The number of hydrogen-bond donors (Lipinski definition) is 1. The smallest absolute Gasteiger partial charge is 0.0230 e. The van der Waals surface area contributed by atoms with Crippen molar-refractivity contribution in [2.24, 2.45) is 0 Å². The van der Waals surface area contributed by atoms with Gasteiger partial charge in [-0.15, -0.1) is 0 Å². The monoisotopic (exact) mass is 191 g/mol. The van der Waals surface area contributed by atoms with Crippen LogP contribution in [0.5, 0.6) is 0 Å². The van der Waals surface area contributed by atoms with E-state index < -0.39 is 6.85 Å². The molecular weight excluding hydrogens is 164 g/mol. The fourth-order valence-corrected chi connectivity index (χ4v) is 1.52. The van der Waals surface area contributed by atoms with Gasteiger partial charge < -0.3 is 0 Å². The lowest BCUT2D eigenvalue weighted by molar-refractivity contribution is 0.573. The van der Waals surface area contributed by atoms with E-state index in [0.29, 0.717) is 6.42 Å². The minimum atomic E-state index is -1.72. The molecule has 0 saturated carbocycles. The number of hydrogen-bond acceptors (Lipinski definition) is 1. The summed E-state index contributed by atoms with van der Waals surface area (Å²) in [5.74, 6) is 0.999. The molecule has 0 amide bonds. The zero-order valence-corrected chi connectivity index (χ0v) is 8.91. The van der Waals surface area contributed by atoms with E-state index in [1.165, 1.54) is 38.5 Å². The number of thiol groups is 1. The molecule has 0 spiro atoms. The lowest BCUT2D eigenvalue weighted by Gasteiger charge is -1.99. The van der Waals surface area contributed by atoms with E-state index in [1.807, 2.05) is 0 Å². The normalized spacial score (nSPS) is 15.2. The highest BCUT2D eigenvalue weighted by atomic mass is 32.1. The maximum Gasteiger partial charge on any atom is 0.0230 e. The maximum absolute atomic E-state index is 7.05. The first-order valence-corrected chi connectivity index (χ1v) is 5.80. The zero-order chi connectivity index (χ0) is 11.6. The van der Waals surface area contributed by atoms with Crippen LogP contribution in [0, 0.1) is 0 Å². The highest BCUT2D eigenvalue weighted by Gasteiger charge is 1.90. The summed E-state index contributed by atoms with van der Waals surface area (Å²) in [5, 5.41) is 0. The predicted octanol–water partition coefficient (Wildman–Crippen LogP) is 4.45. The lowest BCUT2D eigenvalue weighted by atomic mass is 10.1. The van der Waals surface area contributed by atoms with E-state index in [1.54, 1.807) is 0 Å². The Kier molecular flexibility index (Phi) is 7.31. The Balaban J connectivity index is 2.99. The van der Waals surface area contributed by atoms with Crippen molar-refractivity contribution in [3.63, 3.8) is 0 Å². The average Bonchev–Trinajstić information content (AvgIpc) is 2.14. The van der Waals surface area contributed by atoms with Crippen molar-refractivity contribution in [2.75, 3.05) is 5.75 Å². The van der Waals surface area contributed by atoms with E-state index in [4.69, 9.17) is 4.11 Å². The molecule has 0 nitrogen and oxygen atoms in total. The van der Waals surface area contributed by atoms with Gasteiger partial charge in [0.1, 0.15) is 0 Å². The van der Waals surface area contributed by atoms with Gasteiger partial charge in [0.2, 0.25) is 0 Å². The molecule has 0 aliphatic heterocycles. The predicted molar refractivity (Wildman–Crippen MR) is 61.1 cm³/mol. The third kappa shape index (κ3) is 10.3. The van der Waals surface area contributed by atoms with Gasteiger partial charge in [0, 0.05) is 4.11 Å². The van der Waals surface area contributed by atoms with Crippen LogP contribution in [0.4, 0.5) is 0 Å². The van der Waals surface area contributed by atoms with Gasteiger partial charge in [-0.05, 0) is 12.2 Å². The summed E-state index contributed by atoms with van der Waals surface area (Å²) in [5.41, 5.74) is 0. The summed E-state index contributed by atoms with van der Waals surface area (Å²) in [7, 11) is 0. The van der Waals surface area contributed by atoms with E-state index >= 15 is 0 Å². The second-order valence-electron chi connectivity index (χ2n) is 3.30. The molecule has 0 radical (unpaired) electrons. The molecule has 0 aliphatic rings. The Bertz CT molecular complexity index is 134. The molecule has 0 N–H and O–H groups in total. The van der Waals surface area contributed by atoms with Gasteiger partial charge in [-0.25, -0.2) is 0 Å². The molecule has 0 unspecified atom stereocenters. The van der Waals surface area contributed by atoms with Crippen molar-refractivity contribution in [1.29, 1.82) is 0 Å². The van der Waals surface area contributed by atoms with Crippen molar-refractivity contribution in [2.45, 2.75) is 64.6 Å². The summed E-state index contributed by atoms with van der Waals surface area (Å²) in [6, 6.07) is 0. The first-order chi connectivity index (χ1) is 7.06. The van der Waals surface area contributed by atoms with Crippen LogP contribution >= 0.6 is 12.6 Å². The van der Waals surface area contributed by atoms with Crippen LogP contribution in [0.3, 0.4) is 0 Å². The summed E-state index contributed by atoms with van der Waals surface area (Å²) >= 11 is 4.17. The fraction of sp³-hybridized carbons (Fsp3) is 1.00. The Morgan fingerprint density at radius 2 is 1.33 bits per heavy atom. The van der Waals surface area contributed by atoms with Crippen molar-refractivity contribution in [1.82, 2.24) is 0 Å². The fourth-order valence-electron chi connectivity index (χ4n) is 1.30. The topological polar surface area (TPSA) is 0 Å². The molecule has 0 heterocycles. The first kappa shape index (κ1) is 7.73. The third-order valence-electron chi connectivity index (χ3n) is 2.08. The van der Waals surface area contributed by atoms with Gasteiger partial charge in [-0.2, -0.15) is 12.6 Å². The van der Waals surface area contributed by atoms with Crippen LogP contribution in [0.15, 0.2) is 0 Å². The molecule has 12 heavy (non-hydrogen) atoms. The van der Waals surface area contributed by atoms with Gasteiger partial charge >= 0.3 is 0 Å². The third-order valence-corrected chi connectivity index (χ3v) is 2.40. The maximum atomic E-state index is 7.05. The van der Waals surface area contributed by atoms with Crippen LogP contribution in [0.1, 0.15) is 68.8 Å². The Hall–Kier alpha value is 0.350. The van der Waals surface area contributed by atoms with Crippen LogP contribution < -0.4 is 0 Å². The van der Waals surface area contributed by atoms with Gasteiger partial charge in [-0.3, -0.25) is 0 Å². The zero-order valence-electron chi connectivity index (χ0n) is 11.0. The second-order valence-corrected chi connectivity index (χ2v) is 3.75. The minimum Gasteiger partial charge on any atom is -0.179 e. The molecule has 0 aromatic heterocycles. The molecular formula is C11H24S. The average molecular weight is 191 g/mol. The minimum absolute atomic E-state index is 0.382. The molecule has 0 aromatic rings. The molecule has 0 fully saturated rings. The van der Waals surface area contributed by atoms with E-state index in [2.05, 4.69) is 12.6 Å². The van der Waals surface area contributed by atoms with Crippen molar-refractivity contribution >= 4 is 12.6 Å². The Morgan fingerprint density at radius 3 is 1.83 bits per heavy atom. The second kappa shape index (κ2) is 11.4. The molecule has 0 bridgehead atoms. The van der Waals surface area contributed by atoms with Crippen molar-refractivity contribution in [3.8, 4) is 0 Å². The highest BCUT2D eigenvalue weighted by Crippen LogP contribution is 2.09. The molecule has 0 atom stereocenters. The standard InChI is InChI=1S/C11H24S/c1-2-3-4-5-6-7-8-9-10-11-12/h12H,2-11H2,1H3/i1D3. The number of rotatable bonds is 9. The molecule has 0 aliphatic carbocycles. The summed E-state index contributed by atoms with van der Waals surface area (Å²) < 4.78 is 21.2. The van der Waals surface area contributed by atoms with Gasteiger partial charge in [0.15, 0.2) is 0 Å². The van der Waals surface area contributed by atoms with E-state index in [0.717, 1.165) is 18.6 Å². The van der Waals surface area contributed by atoms with Crippen LogP contribution in [-0.2, 0) is 0 Å². The molecule has 74 valence electrons. The van der Waals surface area contributed by atoms with Gasteiger partial charge in [0.05, 0.1) is 0 Å². The summed E-state index contributed by atoms with van der Waals surface area (Å²) in [6.07, 6.45) is 9.87. The van der Waals surface area contributed by atoms with Gasteiger partial charge in [0.25, 0.3) is 0 Å².